The Labute approximate surface area is 108 Å². The van der Waals surface area contributed by atoms with Crippen molar-refractivity contribution >= 4 is 0 Å². The predicted octanol–water partition coefficient (Wildman–Crippen LogP) is 2.47. The van der Waals surface area contributed by atoms with Gasteiger partial charge in [0, 0.05) is 24.8 Å². The van der Waals surface area contributed by atoms with Crippen LogP contribution in [-0.4, -0.2) is 16.3 Å². The molecule has 0 bridgehead atoms. The van der Waals surface area contributed by atoms with Gasteiger partial charge in [0.25, 0.3) is 0 Å². The van der Waals surface area contributed by atoms with Crippen molar-refractivity contribution < 1.29 is 4.42 Å². The van der Waals surface area contributed by atoms with Crippen LogP contribution in [0.2, 0.25) is 0 Å². The van der Waals surface area contributed by atoms with Crippen molar-refractivity contribution in [1.82, 2.24) is 15.1 Å². The fourth-order valence-corrected chi connectivity index (χ4v) is 2.30. The van der Waals surface area contributed by atoms with Crippen molar-refractivity contribution in [3.63, 3.8) is 0 Å². The Morgan fingerprint density at radius 3 is 2.89 bits per heavy atom. The molecule has 0 saturated heterocycles. The zero-order valence-corrected chi connectivity index (χ0v) is 11.3. The lowest BCUT2D eigenvalue weighted by Gasteiger charge is -2.17. The molecule has 1 unspecified atom stereocenters. The molecule has 1 atom stereocenters. The van der Waals surface area contributed by atoms with Gasteiger partial charge in [-0.3, -0.25) is 4.68 Å². The molecule has 0 radical (unpaired) electrons. The third kappa shape index (κ3) is 2.82. The number of furan rings is 1. The molecule has 2 heterocycles. The van der Waals surface area contributed by atoms with E-state index in [-0.39, 0.29) is 0 Å². The first kappa shape index (κ1) is 12.9. The van der Waals surface area contributed by atoms with Crippen molar-refractivity contribution in [3.05, 3.63) is 41.6 Å². The third-order valence-corrected chi connectivity index (χ3v) is 3.12. The van der Waals surface area contributed by atoms with Crippen LogP contribution in [-0.2, 0) is 19.9 Å². The van der Waals surface area contributed by atoms with E-state index in [0.717, 1.165) is 19.4 Å². The molecule has 0 spiro atoms. The molecule has 0 amide bonds. The van der Waals surface area contributed by atoms with E-state index in [2.05, 4.69) is 30.5 Å². The van der Waals surface area contributed by atoms with Gasteiger partial charge in [0.1, 0.15) is 0 Å². The zero-order valence-electron chi connectivity index (χ0n) is 11.3. The fourth-order valence-electron chi connectivity index (χ4n) is 2.30. The predicted molar refractivity (Wildman–Crippen MR) is 71.4 cm³/mol. The van der Waals surface area contributed by atoms with Crippen molar-refractivity contribution in [2.24, 2.45) is 7.05 Å². The Balaban J connectivity index is 2.22. The Morgan fingerprint density at radius 2 is 2.28 bits per heavy atom. The summed E-state index contributed by atoms with van der Waals surface area (Å²) in [6.45, 7) is 5.22. The molecule has 2 rings (SSSR count). The van der Waals surface area contributed by atoms with E-state index in [1.54, 1.807) is 6.26 Å². The second-order valence-corrected chi connectivity index (χ2v) is 4.50. The van der Waals surface area contributed by atoms with Crippen LogP contribution in [0.25, 0.3) is 0 Å². The summed E-state index contributed by atoms with van der Waals surface area (Å²) in [5.74, 6) is 0. The molecule has 4 heteroatoms. The van der Waals surface area contributed by atoms with Gasteiger partial charge in [-0.2, -0.15) is 5.10 Å². The molecule has 0 aliphatic carbocycles. The fraction of sp³-hybridized carbons (Fsp3) is 0.500. The molecule has 18 heavy (non-hydrogen) atoms. The Hall–Kier alpha value is -1.55. The lowest BCUT2D eigenvalue weighted by molar-refractivity contribution is 0.532. The highest BCUT2D eigenvalue weighted by Gasteiger charge is 2.17. The van der Waals surface area contributed by atoms with Gasteiger partial charge in [0.15, 0.2) is 0 Å². The molecule has 0 aromatic carbocycles. The van der Waals surface area contributed by atoms with Gasteiger partial charge < -0.3 is 9.73 Å². The van der Waals surface area contributed by atoms with Crippen LogP contribution >= 0.6 is 0 Å². The van der Waals surface area contributed by atoms with Crippen molar-refractivity contribution in [2.75, 3.05) is 6.54 Å². The minimum absolute atomic E-state index is 0.302. The number of likely N-dealkylation sites (N-methyl/N-ethyl adjacent to an activating group) is 1. The van der Waals surface area contributed by atoms with Crippen LogP contribution < -0.4 is 5.32 Å². The summed E-state index contributed by atoms with van der Waals surface area (Å²) < 4.78 is 7.04. The van der Waals surface area contributed by atoms with Crippen LogP contribution in [0.3, 0.4) is 0 Å². The molecule has 1 N–H and O–H groups in total. The topological polar surface area (TPSA) is 43.0 Å². The number of aryl methyl sites for hydroxylation is 2. The summed E-state index contributed by atoms with van der Waals surface area (Å²) >= 11 is 0. The van der Waals surface area contributed by atoms with Gasteiger partial charge in [-0.05, 0) is 31.0 Å². The van der Waals surface area contributed by atoms with Crippen molar-refractivity contribution in [2.45, 2.75) is 32.7 Å². The monoisotopic (exact) mass is 247 g/mol. The highest BCUT2D eigenvalue weighted by atomic mass is 16.3. The molecule has 0 aliphatic rings. The number of nitrogens with zero attached hydrogens (tertiary/aromatic N) is 2. The average molecular weight is 247 g/mol. The van der Waals surface area contributed by atoms with Gasteiger partial charge in [-0.25, -0.2) is 0 Å². The third-order valence-electron chi connectivity index (χ3n) is 3.12. The molecule has 2 aromatic heterocycles. The van der Waals surface area contributed by atoms with E-state index in [4.69, 9.17) is 4.42 Å². The van der Waals surface area contributed by atoms with E-state index in [1.165, 1.54) is 16.8 Å². The standard InChI is InChI=1S/C14H21N3O/c1-4-13-12(9-17(3)16-13)14(15-5-2)8-11-6-7-18-10-11/h6-7,9-10,14-15H,4-5,8H2,1-3H3. The normalized spacial score (nSPS) is 12.8. The summed E-state index contributed by atoms with van der Waals surface area (Å²) in [5, 5.41) is 8.05. The first-order valence-electron chi connectivity index (χ1n) is 6.51. The molecule has 0 saturated carbocycles. The molecular weight excluding hydrogens is 226 g/mol. The maximum Gasteiger partial charge on any atom is 0.0935 e. The number of hydrogen-bond donors (Lipinski definition) is 1. The molecule has 2 aromatic rings. The summed E-state index contributed by atoms with van der Waals surface area (Å²) in [5.41, 5.74) is 3.68. The second-order valence-electron chi connectivity index (χ2n) is 4.50. The lowest BCUT2D eigenvalue weighted by Crippen LogP contribution is -2.23. The van der Waals surface area contributed by atoms with Crippen LogP contribution in [0.4, 0.5) is 0 Å². The Bertz CT molecular complexity index is 473. The Morgan fingerprint density at radius 1 is 1.44 bits per heavy atom. The molecule has 0 fully saturated rings. The minimum atomic E-state index is 0.302. The van der Waals surface area contributed by atoms with Crippen molar-refractivity contribution in [3.8, 4) is 0 Å². The number of rotatable bonds is 6. The molecule has 98 valence electrons. The van der Waals surface area contributed by atoms with Crippen LogP contribution in [0.15, 0.2) is 29.2 Å². The van der Waals surface area contributed by atoms with E-state index < -0.39 is 0 Å². The van der Waals surface area contributed by atoms with E-state index in [9.17, 15) is 0 Å². The molecular formula is C14H21N3O. The van der Waals surface area contributed by atoms with E-state index in [1.807, 2.05) is 24.1 Å². The summed E-state index contributed by atoms with van der Waals surface area (Å²) in [6.07, 6.45) is 7.55. The number of aromatic nitrogens is 2. The Kier molecular flexibility index (Phi) is 4.20. The quantitative estimate of drug-likeness (QED) is 0.852. The first-order chi connectivity index (χ1) is 8.74. The first-order valence-corrected chi connectivity index (χ1v) is 6.51. The lowest BCUT2D eigenvalue weighted by atomic mass is 10.00. The van der Waals surface area contributed by atoms with Gasteiger partial charge in [-0.15, -0.1) is 0 Å². The van der Waals surface area contributed by atoms with Crippen LogP contribution in [0.5, 0.6) is 0 Å². The van der Waals surface area contributed by atoms with Crippen LogP contribution in [0, 0.1) is 0 Å². The number of nitrogens with one attached hydrogen (secondary N) is 1. The van der Waals surface area contributed by atoms with Gasteiger partial charge in [-0.1, -0.05) is 13.8 Å². The average Bonchev–Trinajstić information content (AvgIpc) is 2.97. The smallest absolute Gasteiger partial charge is 0.0935 e. The van der Waals surface area contributed by atoms with Crippen LogP contribution in [0.1, 0.15) is 36.7 Å². The second kappa shape index (κ2) is 5.87. The highest BCUT2D eigenvalue weighted by Crippen LogP contribution is 2.22. The summed E-state index contributed by atoms with van der Waals surface area (Å²) in [6, 6.07) is 2.32. The molecule has 0 aliphatic heterocycles. The van der Waals surface area contributed by atoms with Gasteiger partial charge in [0.2, 0.25) is 0 Å². The summed E-state index contributed by atoms with van der Waals surface area (Å²) in [4.78, 5) is 0. The van der Waals surface area contributed by atoms with Crippen molar-refractivity contribution in [1.29, 1.82) is 0 Å². The maximum absolute atomic E-state index is 5.14. The molecule has 4 nitrogen and oxygen atoms in total. The summed E-state index contributed by atoms with van der Waals surface area (Å²) in [7, 11) is 1.98. The van der Waals surface area contributed by atoms with E-state index >= 15 is 0 Å². The minimum Gasteiger partial charge on any atom is -0.472 e. The largest absolute Gasteiger partial charge is 0.472 e. The van der Waals surface area contributed by atoms with E-state index in [0.29, 0.717) is 6.04 Å². The SMILES string of the molecule is CCNC(Cc1ccoc1)c1cn(C)nc1CC. The van der Waals surface area contributed by atoms with Gasteiger partial charge >= 0.3 is 0 Å². The maximum atomic E-state index is 5.14. The zero-order chi connectivity index (χ0) is 13.0. The van der Waals surface area contributed by atoms with Gasteiger partial charge in [0.05, 0.1) is 18.2 Å². The highest BCUT2D eigenvalue weighted by molar-refractivity contribution is 5.24. The number of hydrogen-bond acceptors (Lipinski definition) is 3.